The van der Waals surface area contributed by atoms with Crippen molar-refractivity contribution in [2.24, 2.45) is 7.05 Å². The summed E-state index contributed by atoms with van der Waals surface area (Å²) in [6.45, 7) is 2.72. The Morgan fingerprint density at radius 3 is 2.69 bits per heavy atom. The van der Waals surface area contributed by atoms with Crippen LogP contribution in [-0.2, 0) is 7.05 Å². The topological polar surface area (TPSA) is 95.0 Å². The highest BCUT2D eigenvalue weighted by Gasteiger charge is 2.19. The minimum atomic E-state index is -0.460. The SMILES string of the molecule is CCCCCCNC(=O)c1cc(-c2cccn2C)nn1-c1cccc([N+](=O)[O-])c1. The molecule has 1 N–H and O–H groups in total. The van der Waals surface area contributed by atoms with Crippen molar-refractivity contribution in [3.63, 3.8) is 0 Å². The molecule has 0 atom stereocenters. The molecule has 0 spiro atoms. The fraction of sp³-hybridized carbons (Fsp3) is 0.333. The van der Waals surface area contributed by atoms with Crippen molar-refractivity contribution in [1.82, 2.24) is 19.7 Å². The summed E-state index contributed by atoms with van der Waals surface area (Å²) in [5.74, 6) is -0.249. The van der Waals surface area contributed by atoms with E-state index in [0.29, 0.717) is 23.6 Å². The maximum absolute atomic E-state index is 12.8. The third-order valence-electron chi connectivity index (χ3n) is 4.75. The van der Waals surface area contributed by atoms with Crippen molar-refractivity contribution in [3.05, 3.63) is 64.5 Å². The van der Waals surface area contributed by atoms with E-state index in [4.69, 9.17) is 0 Å². The lowest BCUT2D eigenvalue weighted by Crippen LogP contribution is -2.26. The minimum Gasteiger partial charge on any atom is -0.351 e. The lowest BCUT2D eigenvalue weighted by molar-refractivity contribution is -0.384. The second kappa shape index (κ2) is 9.18. The van der Waals surface area contributed by atoms with Crippen LogP contribution in [0.3, 0.4) is 0 Å². The van der Waals surface area contributed by atoms with Crippen molar-refractivity contribution < 1.29 is 9.72 Å². The maximum atomic E-state index is 12.8. The number of nitro groups is 1. The molecule has 8 heteroatoms. The largest absolute Gasteiger partial charge is 0.351 e. The van der Waals surface area contributed by atoms with Crippen LogP contribution in [0.1, 0.15) is 43.1 Å². The molecule has 0 unspecified atom stereocenters. The summed E-state index contributed by atoms with van der Waals surface area (Å²) in [4.78, 5) is 23.5. The summed E-state index contributed by atoms with van der Waals surface area (Å²) < 4.78 is 3.38. The quantitative estimate of drug-likeness (QED) is 0.335. The van der Waals surface area contributed by atoms with Crippen LogP contribution in [0.15, 0.2) is 48.7 Å². The second-order valence-electron chi connectivity index (χ2n) is 6.92. The molecule has 0 aliphatic carbocycles. The van der Waals surface area contributed by atoms with E-state index >= 15 is 0 Å². The van der Waals surface area contributed by atoms with Crippen LogP contribution < -0.4 is 5.32 Å². The highest BCUT2D eigenvalue weighted by Crippen LogP contribution is 2.24. The Balaban J connectivity index is 1.94. The molecule has 0 fully saturated rings. The Labute approximate surface area is 169 Å². The molecule has 1 amide bonds. The molecule has 8 nitrogen and oxygen atoms in total. The Kier molecular flexibility index (Phi) is 6.43. The predicted octanol–water partition coefficient (Wildman–Crippen LogP) is 4.10. The number of unbranched alkanes of at least 4 members (excludes halogenated alkanes) is 3. The van der Waals surface area contributed by atoms with Crippen LogP contribution in [0.5, 0.6) is 0 Å². The average Bonchev–Trinajstić information content (AvgIpc) is 3.34. The van der Waals surface area contributed by atoms with Crippen molar-refractivity contribution in [2.45, 2.75) is 32.6 Å². The Hall–Kier alpha value is -3.42. The number of carbonyl (C=O) groups is 1. The maximum Gasteiger partial charge on any atom is 0.271 e. The average molecular weight is 395 g/mol. The molecule has 1 aromatic carbocycles. The summed E-state index contributed by atoms with van der Waals surface area (Å²) >= 11 is 0. The van der Waals surface area contributed by atoms with E-state index in [9.17, 15) is 14.9 Å². The molecule has 0 radical (unpaired) electrons. The number of non-ortho nitro benzene ring substituents is 1. The molecular formula is C21H25N5O3. The number of rotatable bonds is 9. The van der Waals surface area contributed by atoms with Gasteiger partial charge in [-0.25, -0.2) is 4.68 Å². The summed E-state index contributed by atoms with van der Waals surface area (Å²) in [5, 5.41) is 18.7. The Morgan fingerprint density at radius 2 is 2.00 bits per heavy atom. The van der Waals surface area contributed by atoms with Crippen LogP contribution in [-0.4, -0.2) is 31.7 Å². The summed E-state index contributed by atoms with van der Waals surface area (Å²) in [7, 11) is 1.90. The number of amides is 1. The molecule has 152 valence electrons. The van der Waals surface area contributed by atoms with Crippen LogP contribution in [0, 0.1) is 10.1 Å². The zero-order valence-electron chi connectivity index (χ0n) is 16.7. The third kappa shape index (κ3) is 4.71. The van der Waals surface area contributed by atoms with E-state index in [1.807, 2.05) is 29.9 Å². The second-order valence-corrected chi connectivity index (χ2v) is 6.92. The van der Waals surface area contributed by atoms with Crippen LogP contribution in [0.25, 0.3) is 17.1 Å². The minimum absolute atomic E-state index is 0.0515. The van der Waals surface area contributed by atoms with Gasteiger partial charge in [0.05, 0.1) is 16.3 Å². The van der Waals surface area contributed by atoms with Crippen LogP contribution >= 0.6 is 0 Å². The third-order valence-corrected chi connectivity index (χ3v) is 4.75. The van der Waals surface area contributed by atoms with Crippen LogP contribution in [0.4, 0.5) is 5.69 Å². The summed E-state index contributed by atoms with van der Waals surface area (Å²) in [6.07, 6.45) is 6.15. The number of aromatic nitrogens is 3. The number of nitrogens with one attached hydrogen (secondary N) is 1. The monoisotopic (exact) mass is 395 g/mol. The van der Waals surface area contributed by atoms with Gasteiger partial charge in [0.25, 0.3) is 11.6 Å². The van der Waals surface area contributed by atoms with Gasteiger partial charge in [-0.2, -0.15) is 5.10 Å². The van der Waals surface area contributed by atoms with Crippen molar-refractivity contribution >= 4 is 11.6 Å². The molecular weight excluding hydrogens is 370 g/mol. The molecule has 0 aliphatic rings. The predicted molar refractivity (Wildman–Crippen MR) is 111 cm³/mol. The first kappa shape index (κ1) is 20.3. The highest BCUT2D eigenvalue weighted by molar-refractivity contribution is 5.94. The van der Waals surface area contributed by atoms with Gasteiger partial charge in [0, 0.05) is 31.9 Å². The van der Waals surface area contributed by atoms with Gasteiger partial charge in [-0.05, 0) is 30.7 Å². The number of hydrogen-bond donors (Lipinski definition) is 1. The fourth-order valence-corrected chi connectivity index (χ4v) is 3.17. The Morgan fingerprint density at radius 1 is 1.17 bits per heavy atom. The van der Waals surface area contributed by atoms with Crippen molar-refractivity contribution in [2.75, 3.05) is 6.54 Å². The standard InChI is InChI=1S/C21H25N5O3/c1-3-4-5-6-12-22-21(27)20-15-18(19-11-8-13-24(19)2)23-25(20)16-9-7-10-17(14-16)26(28)29/h7-11,13-15H,3-6,12H2,1-2H3,(H,22,27). The number of hydrogen-bond acceptors (Lipinski definition) is 4. The summed E-state index contributed by atoms with van der Waals surface area (Å²) in [6, 6.07) is 11.6. The first-order valence-electron chi connectivity index (χ1n) is 9.76. The number of nitrogens with zero attached hydrogens (tertiary/aromatic N) is 4. The van der Waals surface area contributed by atoms with Gasteiger partial charge in [-0.15, -0.1) is 0 Å². The zero-order valence-corrected chi connectivity index (χ0v) is 16.7. The molecule has 0 aliphatic heterocycles. The van der Waals surface area contributed by atoms with Gasteiger partial charge in [-0.3, -0.25) is 14.9 Å². The van der Waals surface area contributed by atoms with Crippen molar-refractivity contribution in [1.29, 1.82) is 0 Å². The first-order chi connectivity index (χ1) is 14.0. The van der Waals surface area contributed by atoms with Gasteiger partial charge >= 0.3 is 0 Å². The van der Waals surface area contributed by atoms with Gasteiger partial charge in [0.15, 0.2) is 0 Å². The number of nitro benzene ring substituents is 1. The first-order valence-corrected chi connectivity index (χ1v) is 9.76. The molecule has 2 heterocycles. The molecule has 29 heavy (non-hydrogen) atoms. The molecule has 3 rings (SSSR count). The Bertz CT molecular complexity index is 1010. The number of aryl methyl sites for hydroxylation is 1. The normalized spacial score (nSPS) is 10.8. The van der Waals surface area contributed by atoms with Gasteiger partial charge in [-0.1, -0.05) is 32.3 Å². The molecule has 0 saturated heterocycles. The summed E-state index contributed by atoms with van der Waals surface area (Å²) in [5.41, 5.74) is 2.24. The number of carbonyl (C=O) groups excluding carboxylic acids is 1. The molecule has 3 aromatic rings. The van der Waals surface area contributed by atoms with Crippen LogP contribution in [0.2, 0.25) is 0 Å². The van der Waals surface area contributed by atoms with E-state index in [2.05, 4.69) is 17.3 Å². The van der Waals surface area contributed by atoms with Gasteiger partial charge in [0.2, 0.25) is 0 Å². The van der Waals surface area contributed by atoms with E-state index in [0.717, 1.165) is 31.4 Å². The zero-order chi connectivity index (χ0) is 20.8. The lowest BCUT2D eigenvalue weighted by atomic mass is 10.2. The number of benzene rings is 1. The molecule has 0 bridgehead atoms. The van der Waals surface area contributed by atoms with Gasteiger partial charge in [0.1, 0.15) is 11.4 Å². The van der Waals surface area contributed by atoms with E-state index in [-0.39, 0.29) is 11.6 Å². The van der Waals surface area contributed by atoms with E-state index in [1.165, 1.54) is 16.8 Å². The smallest absolute Gasteiger partial charge is 0.271 e. The van der Waals surface area contributed by atoms with E-state index in [1.54, 1.807) is 18.2 Å². The highest BCUT2D eigenvalue weighted by atomic mass is 16.6. The van der Waals surface area contributed by atoms with Crippen molar-refractivity contribution in [3.8, 4) is 17.1 Å². The fourth-order valence-electron chi connectivity index (χ4n) is 3.17. The van der Waals surface area contributed by atoms with E-state index < -0.39 is 4.92 Å². The molecule has 0 saturated carbocycles. The van der Waals surface area contributed by atoms with Gasteiger partial charge < -0.3 is 9.88 Å². The lowest BCUT2D eigenvalue weighted by Gasteiger charge is -2.08. The molecule has 2 aromatic heterocycles.